The molecular formula is C22H17N3O2S. The smallest absolute Gasteiger partial charge is 0.271 e. The van der Waals surface area contributed by atoms with E-state index in [2.05, 4.69) is 4.98 Å². The van der Waals surface area contributed by atoms with Gasteiger partial charge < -0.3 is 4.74 Å². The van der Waals surface area contributed by atoms with E-state index in [-0.39, 0.29) is 5.91 Å². The minimum absolute atomic E-state index is 0.110. The normalized spacial score (nSPS) is 16.8. The van der Waals surface area contributed by atoms with E-state index in [0.29, 0.717) is 16.0 Å². The summed E-state index contributed by atoms with van der Waals surface area (Å²) in [7, 11) is 1.57. The van der Waals surface area contributed by atoms with Crippen molar-refractivity contribution < 1.29 is 9.53 Å². The van der Waals surface area contributed by atoms with Crippen LogP contribution in [0.1, 0.15) is 5.56 Å². The van der Waals surface area contributed by atoms with Gasteiger partial charge in [0.15, 0.2) is 5.17 Å². The summed E-state index contributed by atoms with van der Waals surface area (Å²) in [6, 6.07) is 22.8. The SMILES string of the molecule is COc1ccc(/C=C2\SC(=Nc3ccccc3)N(c3ccccc3)C2=O)cn1. The van der Waals surface area contributed by atoms with Gasteiger partial charge in [0.2, 0.25) is 5.88 Å². The topological polar surface area (TPSA) is 54.8 Å². The number of benzene rings is 2. The maximum absolute atomic E-state index is 13.1. The van der Waals surface area contributed by atoms with Crippen LogP contribution in [-0.2, 0) is 4.79 Å². The first-order chi connectivity index (χ1) is 13.7. The lowest BCUT2D eigenvalue weighted by Gasteiger charge is -2.15. The number of nitrogens with zero attached hydrogens (tertiary/aromatic N) is 3. The van der Waals surface area contributed by atoms with Gasteiger partial charge in [-0.2, -0.15) is 0 Å². The van der Waals surface area contributed by atoms with Crippen LogP contribution in [-0.4, -0.2) is 23.2 Å². The molecule has 0 spiro atoms. The molecule has 1 amide bonds. The highest BCUT2D eigenvalue weighted by Gasteiger charge is 2.34. The highest BCUT2D eigenvalue weighted by molar-refractivity contribution is 8.19. The van der Waals surface area contributed by atoms with Gasteiger partial charge in [-0.1, -0.05) is 36.4 Å². The molecule has 0 saturated carbocycles. The number of carbonyl (C=O) groups excluding carboxylic acids is 1. The van der Waals surface area contributed by atoms with Crippen molar-refractivity contribution in [2.45, 2.75) is 0 Å². The molecule has 0 N–H and O–H groups in total. The monoisotopic (exact) mass is 387 g/mol. The third-order valence-corrected chi connectivity index (χ3v) is 5.04. The number of rotatable bonds is 4. The van der Waals surface area contributed by atoms with Crippen LogP contribution in [0.4, 0.5) is 11.4 Å². The van der Waals surface area contributed by atoms with Crippen molar-refractivity contribution in [1.29, 1.82) is 0 Å². The lowest BCUT2D eigenvalue weighted by atomic mass is 10.2. The minimum atomic E-state index is -0.110. The van der Waals surface area contributed by atoms with Gasteiger partial charge in [-0.15, -0.1) is 0 Å². The fourth-order valence-electron chi connectivity index (χ4n) is 2.72. The van der Waals surface area contributed by atoms with Gasteiger partial charge in [0.1, 0.15) is 0 Å². The summed E-state index contributed by atoms with van der Waals surface area (Å²) < 4.78 is 5.09. The van der Waals surface area contributed by atoms with Crippen LogP contribution in [0.2, 0.25) is 0 Å². The Labute approximate surface area is 167 Å². The predicted octanol–water partition coefficient (Wildman–Crippen LogP) is 4.90. The second-order valence-electron chi connectivity index (χ2n) is 5.95. The van der Waals surface area contributed by atoms with Crippen molar-refractivity contribution in [2.24, 2.45) is 4.99 Å². The third-order valence-electron chi connectivity index (χ3n) is 4.07. The molecule has 1 saturated heterocycles. The Morgan fingerprint density at radius 3 is 2.36 bits per heavy atom. The van der Waals surface area contributed by atoms with E-state index in [0.717, 1.165) is 16.9 Å². The summed E-state index contributed by atoms with van der Waals surface area (Å²) >= 11 is 1.35. The van der Waals surface area contributed by atoms with E-state index >= 15 is 0 Å². The van der Waals surface area contributed by atoms with Gasteiger partial charge in [-0.25, -0.2) is 9.98 Å². The maximum atomic E-state index is 13.1. The van der Waals surface area contributed by atoms with Crippen LogP contribution in [0.5, 0.6) is 5.88 Å². The van der Waals surface area contributed by atoms with E-state index in [4.69, 9.17) is 9.73 Å². The Morgan fingerprint density at radius 1 is 1.00 bits per heavy atom. The van der Waals surface area contributed by atoms with Gasteiger partial charge in [0.05, 0.1) is 23.4 Å². The van der Waals surface area contributed by atoms with Crippen LogP contribution in [0.3, 0.4) is 0 Å². The molecule has 2 heterocycles. The van der Waals surface area contributed by atoms with Gasteiger partial charge in [0, 0.05) is 12.3 Å². The quantitative estimate of drug-likeness (QED) is 0.598. The number of pyridine rings is 1. The summed E-state index contributed by atoms with van der Waals surface area (Å²) in [5.74, 6) is 0.423. The molecule has 1 fully saturated rings. The summed E-state index contributed by atoms with van der Waals surface area (Å²) in [5.41, 5.74) is 2.41. The summed E-state index contributed by atoms with van der Waals surface area (Å²) in [6.07, 6.45) is 3.50. The number of amidine groups is 1. The van der Waals surface area contributed by atoms with Crippen LogP contribution >= 0.6 is 11.8 Å². The van der Waals surface area contributed by atoms with Gasteiger partial charge in [-0.3, -0.25) is 9.69 Å². The maximum Gasteiger partial charge on any atom is 0.271 e. The molecule has 0 radical (unpaired) electrons. The molecule has 2 aromatic carbocycles. The number of aliphatic imine (C=N–C) groups is 1. The van der Waals surface area contributed by atoms with Crippen LogP contribution in [0.25, 0.3) is 6.08 Å². The summed E-state index contributed by atoms with van der Waals surface area (Å²) in [4.78, 5) is 24.3. The lowest BCUT2D eigenvalue weighted by Crippen LogP contribution is -2.28. The Hall–Kier alpha value is -3.38. The fraction of sp³-hybridized carbons (Fsp3) is 0.0455. The van der Waals surface area contributed by atoms with E-state index < -0.39 is 0 Å². The molecule has 1 aliphatic rings. The van der Waals surface area contributed by atoms with Gasteiger partial charge in [0.25, 0.3) is 5.91 Å². The number of aromatic nitrogens is 1. The number of thioether (sulfide) groups is 1. The Morgan fingerprint density at radius 2 is 1.71 bits per heavy atom. The number of para-hydroxylation sites is 2. The molecule has 3 aromatic rings. The number of methoxy groups -OCH3 is 1. The number of ether oxygens (including phenoxy) is 1. The molecule has 0 aliphatic carbocycles. The van der Waals surface area contributed by atoms with Crippen molar-refractivity contribution in [3.8, 4) is 5.88 Å². The Bertz CT molecular complexity index is 1030. The van der Waals surface area contributed by atoms with Crippen molar-refractivity contribution in [3.05, 3.63) is 89.5 Å². The largest absolute Gasteiger partial charge is 0.481 e. The highest BCUT2D eigenvalue weighted by atomic mass is 32.2. The second kappa shape index (κ2) is 8.10. The van der Waals surface area contributed by atoms with E-state index in [1.54, 1.807) is 24.3 Å². The molecule has 0 bridgehead atoms. The Kier molecular flexibility index (Phi) is 5.21. The molecule has 28 heavy (non-hydrogen) atoms. The molecule has 4 rings (SSSR count). The fourth-order valence-corrected chi connectivity index (χ4v) is 3.72. The van der Waals surface area contributed by atoms with Crippen LogP contribution in [0, 0.1) is 0 Å². The van der Waals surface area contributed by atoms with E-state index in [9.17, 15) is 4.79 Å². The number of hydrogen-bond donors (Lipinski definition) is 0. The average Bonchev–Trinajstić information content (AvgIpc) is 3.04. The zero-order valence-corrected chi connectivity index (χ0v) is 16.0. The first-order valence-electron chi connectivity index (χ1n) is 8.67. The zero-order chi connectivity index (χ0) is 19.3. The van der Waals surface area contributed by atoms with Crippen molar-refractivity contribution in [3.63, 3.8) is 0 Å². The molecular weight excluding hydrogens is 370 g/mol. The third kappa shape index (κ3) is 3.82. The number of amides is 1. The number of hydrogen-bond acceptors (Lipinski definition) is 5. The number of anilines is 1. The minimum Gasteiger partial charge on any atom is -0.481 e. The lowest BCUT2D eigenvalue weighted by molar-refractivity contribution is -0.113. The van der Waals surface area contributed by atoms with E-state index in [1.165, 1.54) is 11.8 Å². The molecule has 0 unspecified atom stereocenters. The molecule has 1 aliphatic heterocycles. The average molecular weight is 387 g/mol. The van der Waals surface area contributed by atoms with Crippen molar-refractivity contribution in [1.82, 2.24) is 4.98 Å². The zero-order valence-electron chi connectivity index (χ0n) is 15.1. The van der Waals surface area contributed by atoms with E-state index in [1.807, 2.05) is 72.8 Å². The highest BCUT2D eigenvalue weighted by Crippen LogP contribution is 2.37. The predicted molar refractivity (Wildman–Crippen MR) is 114 cm³/mol. The first-order valence-corrected chi connectivity index (χ1v) is 9.49. The molecule has 138 valence electrons. The second-order valence-corrected chi connectivity index (χ2v) is 6.96. The number of carbonyl (C=O) groups is 1. The summed E-state index contributed by atoms with van der Waals surface area (Å²) in [6.45, 7) is 0. The van der Waals surface area contributed by atoms with Crippen LogP contribution in [0.15, 0.2) is 88.9 Å². The molecule has 0 atom stereocenters. The van der Waals surface area contributed by atoms with Gasteiger partial charge >= 0.3 is 0 Å². The first kappa shape index (κ1) is 18.0. The molecule has 6 heteroatoms. The van der Waals surface area contributed by atoms with Crippen LogP contribution < -0.4 is 9.64 Å². The van der Waals surface area contributed by atoms with Crippen molar-refractivity contribution in [2.75, 3.05) is 12.0 Å². The standard InChI is InChI=1S/C22H17N3O2S/c1-27-20-13-12-16(15-23-20)14-19-21(26)25(18-10-6-3-7-11-18)22(28-19)24-17-8-4-2-5-9-17/h2-15H,1H3/b19-14-,24-22?. The molecule has 5 nitrogen and oxygen atoms in total. The Balaban J connectivity index is 1.73. The summed E-state index contributed by atoms with van der Waals surface area (Å²) in [5, 5.41) is 0.620. The van der Waals surface area contributed by atoms with Gasteiger partial charge in [-0.05, 0) is 53.7 Å². The molecule has 1 aromatic heterocycles. The van der Waals surface area contributed by atoms with Crippen molar-refractivity contribution >= 4 is 40.3 Å².